The molecule has 0 N–H and O–H groups in total. The van der Waals surface area contributed by atoms with E-state index in [0.717, 1.165) is 11.1 Å². The number of Topliss-reactive ketones (excluding diaryl/α,β-unsaturated/α-hetero) is 1. The van der Waals surface area contributed by atoms with Crippen molar-refractivity contribution in [3.8, 4) is 11.5 Å². The number of piperidine rings is 1. The van der Waals surface area contributed by atoms with E-state index in [4.69, 9.17) is 32.7 Å². The minimum absolute atomic E-state index is 0.109. The van der Waals surface area contributed by atoms with Crippen LogP contribution in [0.4, 0.5) is 0 Å². The number of ketones is 1. The zero-order chi connectivity index (χ0) is 22.3. The van der Waals surface area contributed by atoms with Crippen LogP contribution in [0.25, 0.3) is 0 Å². The predicted octanol–water partition coefficient (Wildman–Crippen LogP) is 5.40. The van der Waals surface area contributed by atoms with Crippen LogP contribution in [0.1, 0.15) is 47.7 Å². The minimum atomic E-state index is -0.688. The van der Waals surface area contributed by atoms with Gasteiger partial charge in [-0.25, -0.2) is 0 Å². The molecule has 0 aromatic heterocycles. The summed E-state index contributed by atoms with van der Waals surface area (Å²) in [7, 11) is 0. The fraction of sp³-hybridized carbons (Fsp3) is 0.417. The third kappa shape index (κ3) is 4.26. The van der Waals surface area contributed by atoms with E-state index in [1.165, 1.54) is 0 Å². The monoisotopic (exact) mass is 461 g/mol. The Bertz CT molecular complexity index is 1040. The van der Waals surface area contributed by atoms with Gasteiger partial charge in [-0.15, -0.1) is 0 Å². The average Bonchev–Trinajstić information content (AvgIpc) is 2.73. The number of fused-ring (bicyclic) bond motifs is 1. The number of hydrogen-bond acceptors (Lipinski definition) is 4. The van der Waals surface area contributed by atoms with Crippen LogP contribution in [-0.4, -0.2) is 41.4 Å². The molecule has 5 nitrogen and oxygen atoms in total. The average molecular weight is 462 g/mol. The molecule has 31 heavy (non-hydrogen) atoms. The fourth-order valence-corrected chi connectivity index (χ4v) is 4.72. The van der Waals surface area contributed by atoms with Crippen molar-refractivity contribution < 1.29 is 19.1 Å². The first kappa shape index (κ1) is 22.0. The third-order valence-electron chi connectivity index (χ3n) is 6.31. The summed E-state index contributed by atoms with van der Waals surface area (Å²) in [6.07, 6.45) is 0.862. The quantitative estimate of drug-likeness (QED) is 0.613. The smallest absolute Gasteiger partial charge is 0.263 e. The molecular formula is C24H25Cl2NO4. The molecule has 1 saturated heterocycles. The number of hydrogen-bond donors (Lipinski definition) is 0. The summed E-state index contributed by atoms with van der Waals surface area (Å²) in [5.74, 6) is 1.11. The van der Waals surface area contributed by atoms with E-state index in [1.54, 1.807) is 30.0 Å². The number of amides is 1. The molecule has 0 saturated carbocycles. The van der Waals surface area contributed by atoms with Gasteiger partial charge in [0.15, 0.2) is 11.9 Å². The van der Waals surface area contributed by atoms with Gasteiger partial charge >= 0.3 is 0 Å². The molecule has 2 aromatic rings. The number of carbonyl (C=O) groups is 2. The molecule has 1 unspecified atom stereocenters. The predicted molar refractivity (Wildman–Crippen MR) is 121 cm³/mol. The van der Waals surface area contributed by atoms with Crippen LogP contribution >= 0.6 is 23.2 Å². The Labute approximate surface area is 192 Å². The van der Waals surface area contributed by atoms with E-state index in [1.807, 2.05) is 26.0 Å². The number of halogens is 2. The Morgan fingerprint density at radius 3 is 2.55 bits per heavy atom. The number of aryl methyl sites for hydroxylation is 1. The zero-order valence-electron chi connectivity index (χ0n) is 17.8. The van der Waals surface area contributed by atoms with Gasteiger partial charge < -0.3 is 14.4 Å². The SMILES string of the molecule is Cc1ccc2c(c1C)OC1(CCN(C(=O)C(C)Oc3ccc(Cl)cc3Cl)CC1)CC2=O. The van der Waals surface area contributed by atoms with Gasteiger partial charge in [0.2, 0.25) is 0 Å². The second-order valence-electron chi connectivity index (χ2n) is 8.43. The molecule has 0 bridgehead atoms. The lowest BCUT2D eigenvalue weighted by Crippen LogP contribution is -2.54. The minimum Gasteiger partial charge on any atom is -0.486 e. The first-order chi connectivity index (χ1) is 14.7. The standard InChI is InChI=1S/C24H25Cl2NO4/c1-14-4-6-18-20(28)13-24(31-22(18)15(14)2)8-10-27(11-9-24)23(29)16(3)30-21-7-5-17(25)12-19(21)26/h4-7,12,16H,8-11,13H2,1-3H3. The Hall–Kier alpha value is -2.24. The summed E-state index contributed by atoms with van der Waals surface area (Å²) < 4.78 is 12.2. The molecule has 164 valence electrons. The maximum atomic E-state index is 12.9. The summed E-state index contributed by atoms with van der Waals surface area (Å²) >= 11 is 12.1. The molecule has 1 spiro atoms. The van der Waals surface area contributed by atoms with Gasteiger partial charge in [-0.2, -0.15) is 0 Å². The van der Waals surface area contributed by atoms with Gasteiger partial charge in [0, 0.05) is 31.0 Å². The van der Waals surface area contributed by atoms with Gasteiger partial charge in [0.1, 0.15) is 17.1 Å². The van der Waals surface area contributed by atoms with E-state index in [0.29, 0.717) is 59.5 Å². The van der Waals surface area contributed by atoms with Crippen molar-refractivity contribution in [3.05, 3.63) is 57.1 Å². The highest BCUT2D eigenvalue weighted by Gasteiger charge is 2.44. The van der Waals surface area contributed by atoms with Crippen LogP contribution in [0.2, 0.25) is 10.0 Å². The van der Waals surface area contributed by atoms with Crippen molar-refractivity contribution >= 4 is 34.9 Å². The van der Waals surface area contributed by atoms with Crippen molar-refractivity contribution in [1.29, 1.82) is 0 Å². The highest BCUT2D eigenvalue weighted by Crippen LogP contribution is 2.42. The summed E-state index contributed by atoms with van der Waals surface area (Å²) in [6.45, 7) is 6.73. The molecule has 2 heterocycles. The highest BCUT2D eigenvalue weighted by molar-refractivity contribution is 6.35. The van der Waals surface area contributed by atoms with Crippen LogP contribution < -0.4 is 9.47 Å². The van der Waals surface area contributed by atoms with Gasteiger partial charge in [-0.3, -0.25) is 9.59 Å². The van der Waals surface area contributed by atoms with Crippen LogP contribution in [0.3, 0.4) is 0 Å². The molecule has 2 aromatic carbocycles. The first-order valence-electron chi connectivity index (χ1n) is 10.4. The van der Waals surface area contributed by atoms with Crippen LogP contribution in [-0.2, 0) is 4.79 Å². The second-order valence-corrected chi connectivity index (χ2v) is 9.27. The zero-order valence-corrected chi connectivity index (χ0v) is 19.3. The lowest BCUT2D eigenvalue weighted by molar-refractivity contribution is -0.141. The number of ether oxygens (including phenoxy) is 2. The number of nitrogens with zero attached hydrogens (tertiary/aromatic N) is 1. The van der Waals surface area contributed by atoms with E-state index < -0.39 is 11.7 Å². The molecule has 2 aliphatic heterocycles. The molecule has 0 radical (unpaired) electrons. The van der Waals surface area contributed by atoms with Gasteiger partial charge in [0.25, 0.3) is 5.91 Å². The van der Waals surface area contributed by atoms with Crippen molar-refractivity contribution in [3.63, 3.8) is 0 Å². The summed E-state index contributed by atoms with van der Waals surface area (Å²) in [5, 5.41) is 0.870. The van der Waals surface area contributed by atoms with Crippen LogP contribution in [0.5, 0.6) is 11.5 Å². The van der Waals surface area contributed by atoms with Crippen LogP contribution in [0.15, 0.2) is 30.3 Å². The third-order valence-corrected chi connectivity index (χ3v) is 6.84. The van der Waals surface area contributed by atoms with Gasteiger partial charge in [-0.1, -0.05) is 29.3 Å². The Morgan fingerprint density at radius 1 is 1.16 bits per heavy atom. The van der Waals surface area contributed by atoms with Crippen molar-refractivity contribution in [2.24, 2.45) is 0 Å². The first-order valence-corrected chi connectivity index (χ1v) is 11.2. The number of benzene rings is 2. The lowest BCUT2D eigenvalue weighted by atomic mass is 9.81. The van der Waals surface area contributed by atoms with E-state index >= 15 is 0 Å². The molecule has 1 fully saturated rings. The van der Waals surface area contributed by atoms with Gasteiger partial charge in [0.05, 0.1) is 17.0 Å². The number of rotatable bonds is 3. The topological polar surface area (TPSA) is 55.8 Å². The maximum absolute atomic E-state index is 12.9. The van der Waals surface area contributed by atoms with Crippen molar-refractivity contribution in [1.82, 2.24) is 4.90 Å². The van der Waals surface area contributed by atoms with Crippen LogP contribution in [0, 0.1) is 13.8 Å². The van der Waals surface area contributed by atoms with Crippen molar-refractivity contribution in [2.45, 2.75) is 51.7 Å². The number of carbonyl (C=O) groups excluding carboxylic acids is 2. The van der Waals surface area contributed by atoms with Crippen molar-refractivity contribution in [2.75, 3.05) is 13.1 Å². The van der Waals surface area contributed by atoms with E-state index in [-0.39, 0.29) is 11.7 Å². The Balaban J connectivity index is 1.43. The summed E-state index contributed by atoms with van der Waals surface area (Å²) in [6, 6.07) is 8.72. The second kappa shape index (κ2) is 8.36. The molecule has 0 aliphatic carbocycles. The molecule has 1 atom stereocenters. The molecule has 2 aliphatic rings. The largest absolute Gasteiger partial charge is 0.486 e. The summed E-state index contributed by atoms with van der Waals surface area (Å²) in [5.41, 5.74) is 2.21. The van der Waals surface area contributed by atoms with Gasteiger partial charge in [-0.05, 0) is 56.2 Å². The summed E-state index contributed by atoms with van der Waals surface area (Å²) in [4.78, 5) is 27.5. The Kier molecular flexibility index (Phi) is 5.93. The molecule has 1 amide bonds. The number of likely N-dealkylation sites (tertiary alicyclic amines) is 1. The highest BCUT2D eigenvalue weighted by atomic mass is 35.5. The Morgan fingerprint density at radius 2 is 1.87 bits per heavy atom. The van der Waals surface area contributed by atoms with E-state index in [2.05, 4.69) is 0 Å². The molecule has 7 heteroatoms. The molecule has 4 rings (SSSR count). The molecular weight excluding hydrogens is 437 g/mol. The van der Waals surface area contributed by atoms with E-state index in [9.17, 15) is 9.59 Å². The maximum Gasteiger partial charge on any atom is 0.263 e. The normalized spacial score (nSPS) is 18.4. The fourth-order valence-electron chi connectivity index (χ4n) is 4.26. The lowest BCUT2D eigenvalue weighted by Gasteiger charge is -2.44.